The SMILES string of the molecule is COc1cccc(NC(=O)Cc2nnc(SCC(=O)Nc3cc(F)ccc3C)n2C)c1. The number of carbonyl (C=O) groups is 2. The molecule has 0 saturated heterocycles. The molecule has 0 bridgehead atoms. The van der Waals surface area contributed by atoms with E-state index < -0.39 is 5.82 Å². The van der Waals surface area contributed by atoms with Crippen LogP contribution in [-0.2, 0) is 23.1 Å². The van der Waals surface area contributed by atoms with Gasteiger partial charge >= 0.3 is 0 Å². The number of aromatic nitrogens is 3. The van der Waals surface area contributed by atoms with Gasteiger partial charge in [-0.3, -0.25) is 9.59 Å². The van der Waals surface area contributed by atoms with Crippen LogP contribution in [0.5, 0.6) is 5.75 Å². The Hall–Kier alpha value is -3.40. The maximum Gasteiger partial charge on any atom is 0.234 e. The number of methoxy groups -OCH3 is 1. The minimum absolute atomic E-state index is 0.0238. The molecule has 0 aliphatic rings. The molecule has 2 amide bonds. The number of thioether (sulfide) groups is 1. The predicted octanol–water partition coefficient (Wildman–Crippen LogP) is 3.18. The zero-order valence-electron chi connectivity index (χ0n) is 17.3. The standard InChI is InChI=1S/C21H22FN5O3S/c1-13-7-8-14(22)9-17(13)24-20(29)12-31-21-26-25-18(27(21)2)11-19(28)23-15-5-4-6-16(10-15)30-3/h4-10H,11-12H2,1-3H3,(H,23,28)(H,24,29). The van der Waals surface area contributed by atoms with Crippen LogP contribution in [0.3, 0.4) is 0 Å². The summed E-state index contributed by atoms with van der Waals surface area (Å²) in [5.74, 6) is 0.210. The van der Waals surface area contributed by atoms with E-state index in [1.807, 2.05) is 0 Å². The van der Waals surface area contributed by atoms with Crippen molar-refractivity contribution in [1.29, 1.82) is 0 Å². The summed E-state index contributed by atoms with van der Waals surface area (Å²) in [6, 6.07) is 11.3. The smallest absolute Gasteiger partial charge is 0.234 e. The Labute approximate surface area is 183 Å². The van der Waals surface area contributed by atoms with Gasteiger partial charge in [0.25, 0.3) is 0 Å². The highest BCUT2D eigenvalue weighted by molar-refractivity contribution is 7.99. The Kier molecular flexibility index (Phi) is 7.24. The van der Waals surface area contributed by atoms with Gasteiger partial charge in [-0.05, 0) is 36.8 Å². The highest BCUT2D eigenvalue weighted by atomic mass is 32.2. The number of rotatable bonds is 8. The van der Waals surface area contributed by atoms with E-state index in [9.17, 15) is 14.0 Å². The first-order chi connectivity index (χ1) is 14.9. The largest absolute Gasteiger partial charge is 0.497 e. The molecule has 162 valence electrons. The van der Waals surface area contributed by atoms with Gasteiger partial charge in [0, 0.05) is 24.5 Å². The van der Waals surface area contributed by atoms with E-state index in [0.29, 0.717) is 28.1 Å². The molecule has 2 aromatic carbocycles. The Morgan fingerprint density at radius 3 is 2.71 bits per heavy atom. The van der Waals surface area contributed by atoms with Crippen molar-refractivity contribution in [3.63, 3.8) is 0 Å². The lowest BCUT2D eigenvalue weighted by Gasteiger charge is -2.08. The number of nitrogens with one attached hydrogen (secondary N) is 2. The maximum absolute atomic E-state index is 13.4. The molecule has 0 unspecified atom stereocenters. The van der Waals surface area contributed by atoms with Gasteiger partial charge in [0.05, 0.1) is 19.3 Å². The van der Waals surface area contributed by atoms with E-state index in [1.165, 1.54) is 23.9 Å². The second-order valence-electron chi connectivity index (χ2n) is 6.71. The first-order valence-electron chi connectivity index (χ1n) is 9.36. The molecule has 0 radical (unpaired) electrons. The minimum atomic E-state index is -0.418. The van der Waals surface area contributed by atoms with E-state index in [2.05, 4.69) is 20.8 Å². The normalized spacial score (nSPS) is 10.6. The molecule has 0 aliphatic heterocycles. The molecule has 0 saturated carbocycles. The van der Waals surface area contributed by atoms with E-state index in [-0.39, 0.29) is 24.0 Å². The van der Waals surface area contributed by atoms with E-state index in [0.717, 1.165) is 5.56 Å². The summed E-state index contributed by atoms with van der Waals surface area (Å²) in [4.78, 5) is 24.6. The number of nitrogens with zero attached hydrogens (tertiary/aromatic N) is 3. The summed E-state index contributed by atoms with van der Waals surface area (Å²) in [5.41, 5.74) is 1.81. The van der Waals surface area contributed by atoms with E-state index >= 15 is 0 Å². The minimum Gasteiger partial charge on any atom is -0.497 e. The lowest BCUT2D eigenvalue weighted by Crippen LogP contribution is -2.17. The highest BCUT2D eigenvalue weighted by Gasteiger charge is 2.15. The number of ether oxygens (including phenoxy) is 1. The Morgan fingerprint density at radius 1 is 1.13 bits per heavy atom. The lowest BCUT2D eigenvalue weighted by atomic mass is 10.2. The lowest BCUT2D eigenvalue weighted by molar-refractivity contribution is -0.116. The summed E-state index contributed by atoms with van der Waals surface area (Å²) in [5, 5.41) is 14.1. The van der Waals surface area contributed by atoms with Gasteiger partial charge in [0.1, 0.15) is 17.4 Å². The molecule has 3 aromatic rings. The van der Waals surface area contributed by atoms with E-state index in [1.54, 1.807) is 56.0 Å². The average Bonchev–Trinajstić information content (AvgIpc) is 3.08. The second kappa shape index (κ2) is 10.1. The molecule has 3 rings (SSSR count). The molecule has 10 heteroatoms. The van der Waals surface area contributed by atoms with Crippen LogP contribution < -0.4 is 15.4 Å². The van der Waals surface area contributed by atoms with Crippen molar-refractivity contribution in [3.8, 4) is 5.75 Å². The van der Waals surface area contributed by atoms with E-state index in [4.69, 9.17) is 4.74 Å². The fourth-order valence-electron chi connectivity index (χ4n) is 2.72. The van der Waals surface area contributed by atoms with Crippen molar-refractivity contribution >= 4 is 35.0 Å². The molecule has 0 atom stereocenters. The fraction of sp³-hybridized carbons (Fsp3) is 0.238. The molecule has 1 aromatic heterocycles. The zero-order valence-corrected chi connectivity index (χ0v) is 18.1. The van der Waals surface area contributed by atoms with Crippen LogP contribution in [0.25, 0.3) is 0 Å². The van der Waals surface area contributed by atoms with Crippen LogP contribution >= 0.6 is 11.8 Å². The quantitative estimate of drug-likeness (QED) is 0.519. The van der Waals surface area contributed by atoms with Gasteiger partial charge in [0.2, 0.25) is 11.8 Å². The second-order valence-corrected chi connectivity index (χ2v) is 7.65. The monoisotopic (exact) mass is 443 g/mol. The van der Waals surface area contributed by atoms with Gasteiger partial charge < -0.3 is 19.9 Å². The van der Waals surface area contributed by atoms with Gasteiger partial charge in [-0.25, -0.2) is 4.39 Å². The van der Waals surface area contributed by atoms with Crippen molar-refractivity contribution in [2.45, 2.75) is 18.5 Å². The van der Waals surface area contributed by atoms with Crippen molar-refractivity contribution in [1.82, 2.24) is 14.8 Å². The number of anilines is 2. The molecule has 2 N–H and O–H groups in total. The molecule has 31 heavy (non-hydrogen) atoms. The topological polar surface area (TPSA) is 98.1 Å². The van der Waals surface area contributed by atoms with Crippen LogP contribution in [0.4, 0.5) is 15.8 Å². The molecular formula is C21H22FN5O3S. The first-order valence-corrected chi connectivity index (χ1v) is 10.3. The first kappa shape index (κ1) is 22.3. The number of amides is 2. The molecule has 0 aliphatic carbocycles. The van der Waals surface area contributed by atoms with Crippen molar-refractivity contribution < 1.29 is 18.7 Å². The summed E-state index contributed by atoms with van der Waals surface area (Å²) < 4.78 is 20.2. The number of aryl methyl sites for hydroxylation is 1. The number of carbonyl (C=O) groups excluding carboxylic acids is 2. The number of benzene rings is 2. The number of halogens is 1. The molecule has 1 heterocycles. The average molecular weight is 444 g/mol. The van der Waals surface area contributed by atoms with Crippen molar-refractivity contribution in [2.75, 3.05) is 23.5 Å². The summed E-state index contributed by atoms with van der Waals surface area (Å²) in [6.45, 7) is 1.79. The van der Waals surface area contributed by atoms with Gasteiger partial charge in [-0.2, -0.15) is 0 Å². The third-order valence-corrected chi connectivity index (χ3v) is 5.42. The molecular weight excluding hydrogens is 421 g/mol. The Balaban J connectivity index is 1.55. The number of hydrogen-bond donors (Lipinski definition) is 2. The third-order valence-electron chi connectivity index (χ3n) is 4.40. The van der Waals surface area contributed by atoms with Crippen LogP contribution in [0.2, 0.25) is 0 Å². The summed E-state index contributed by atoms with van der Waals surface area (Å²) >= 11 is 1.18. The molecule has 0 spiro atoms. The summed E-state index contributed by atoms with van der Waals surface area (Å²) in [7, 11) is 3.28. The maximum atomic E-state index is 13.4. The summed E-state index contributed by atoms with van der Waals surface area (Å²) in [6.07, 6.45) is 0.0238. The fourth-order valence-corrected chi connectivity index (χ4v) is 3.45. The van der Waals surface area contributed by atoms with Crippen molar-refractivity contribution in [2.24, 2.45) is 7.05 Å². The van der Waals surface area contributed by atoms with Gasteiger partial charge in [0.15, 0.2) is 5.16 Å². The van der Waals surface area contributed by atoms with Gasteiger partial charge in [-0.15, -0.1) is 10.2 Å². The molecule has 8 nitrogen and oxygen atoms in total. The van der Waals surface area contributed by atoms with Crippen molar-refractivity contribution in [3.05, 3.63) is 59.7 Å². The van der Waals surface area contributed by atoms with Crippen LogP contribution in [0.15, 0.2) is 47.6 Å². The Morgan fingerprint density at radius 2 is 1.94 bits per heavy atom. The molecule has 0 fully saturated rings. The van der Waals surface area contributed by atoms with Crippen LogP contribution in [-0.4, -0.2) is 39.4 Å². The van der Waals surface area contributed by atoms with Crippen LogP contribution in [0, 0.1) is 12.7 Å². The van der Waals surface area contributed by atoms with Gasteiger partial charge in [-0.1, -0.05) is 23.9 Å². The highest BCUT2D eigenvalue weighted by Crippen LogP contribution is 2.20. The third kappa shape index (κ3) is 6.05. The Bertz CT molecular complexity index is 1100. The predicted molar refractivity (Wildman–Crippen MR) is 117 cm³/mol. The zero-order chi connectivity index (χ0) is 22.4. The number of hydrogen-bond acceptors (Lipinski definition) is 6. The van der Waals surface area contributed by atoms with Crippen LogP contribution in [0.1, 0.15) is 11.4 Å².